The highest BCUT2D eigenvalue weighted by molar-refractivity contribution is 5.83. The zero-order chi connectivity index (χ0) is 16.5. The number of nitrogens with one attached hydrogen (secondary N) is 1. The summed E-state index contributed by atoms with van der Waals surface area (Å²) in [4.78, 5) is 0.867. The summed E-state index contributed by atoms with van der Waals surface area (Å²) in [5.74, 6) is 0.142. The van der Waals surface area contributed by atoms with Crippen LogP contribution in [0.4, 0.5) is 4.39 Å². The van der Waals surface area contributed by atoms with E-state index in [0.29, 0.717) is 17.9 Å². The molecule has 1 aromatic heterocycles. The Labute approximate surface area is 139 Å². The van der Waals surface area contributed by atoms with Gasteiger partial charge in [0.25, 0.3) is 0 Å². The highest BCUT2D eigenvalue weighted by Gasteiger charge is 2.22. The van der Waals surface area contributed by atoms with Gasteiger partial charge in [0.1, 0.15) is 5.82 Å². The summed E-state index contributed by atoms with van der Waals surface area (Å²) >= 11 is 0. The van der Waals surface area contributed by atoms with E-state index in [-0.39, 0.29) is 5.82 Å². The van der Waals surface area contributed by atoms with Crippen molar-refractivity contribution < 1.29 is 9.60 Å². The molecule has 1 fully saturated rings. The third kappa shape index (κ3) is 2.87. The summed E-state index contributed by atoms with van der Waals surface area (Å²) in [6.45, 7) is 1.93. The smallest absolute Gasteiger partial charge is 0.127 e. The number of hydrogen-bond acceptors (Lipinski definition) is 3. The summed E-state index contributed by atoms with van der Waals surface area (Å²) in [6.07, 6.45) is 4.09. The number of benzene rings is 2. The second-order valence-electron chi connectivity index (χ2n) is 6.44. The lowest BCUT2D eigenvalue weighted by atomic mass is 9.89. The molecule has 0 bridgehead atoms. The Morgan fingerprint density at radius 2 is 1.88 bits per heavy atom. The maximum Gasteiger partial charge on any atom is 0.127 e. The number of rotatable bonds is 3. The number of piperidine rings is 1. The average molecular weight is 325 g/mol. The molecule has 0 saturated carbocycles. The first-order chi connectivity index (χ1) is 11.7. The van der Waals surface area contributed by atoms with Crippen LogP contribution in [0.15, 0.2) is 42.6 Å². The molecule has 0 atom stereocenters. The zero-order valence-corrected chi connectivity index (χ0v) is 13.4. The van der Waals surface area contributed by atoms with Crippen molar-refractivity contribution in [3.63, 3.8) is 0 Å². The van der Waals surface area contributed by atoms with Gasteiger partial charge in [-0.25, -0.2) is 4.39 Å². The lowest BCUT2D eigenvalue weighted by Gasteiger charge is -2.22. The maximum absolute atomic E-state index is 14.5. The van der Waals surface area contributed by atoms with Gasteiger partial charge in [0.15, 0.2) is 0 Å². The van der Waals surface area contributed by atoms with E-state index in [1.165, 1.54) is 0 Å². The highest BCUT2D eigenvalue weighted by atomic mass is 19.1. The Morgan fingerprint density at radius 3 is 2.62 bits per heavy atom. The molecule has 0 aliphatic carbocycles. The van der Waals surface area contributed by atoms with E-state index < -0.39 is 0 Å². The molecule has 0 unspecified atom stereocenters. The van der Waals surface area contributed by atoms with Crippen LogP contribution in [0.3, 0.4) is 0 Å². The first kappa shape index (κ1) is 15.1. The van der Waals surface area contributed by atoms with Gasteiger partial charge in [-0.1, -0.05) is 24.3 Å². The fourth-order valence-electron chi connectivity index (χ4n) is 3.60. The molecular formula is C19H20FN3O. The fourth-order valence-corrected chi connectivity index (χ4v) is 3.60. The molecule has 1 aliphatic heterocycles. The topological polar surface area (TPSA) is 50.1 Å². The first-order valence-electron chi connectivity index (χ1n) is 8.36. The molecule has 0 spiro atoms. The van der Waals surface area contributed by atoms with Crippen LogP contribution >= 0.6 is 0 Å². The molecule has 4 rings (SSSR count). The maximum atomic E-state index is 14.5. The van der Waals surface area contributed by atoms with E-state index in [9.17, 15) is 9.60 Å². The van der Waals surface area contributed by atoms with Crippen LogP contribution in [-0.4, -0.2) is 28.2 Å². The van der Waals surface area contributed by atoms with Crippen LogP contribution in [0.5, 0.6) is 0 Å². The minimum Gasteiger partial charge on any atom is -0.412 e. The SMILES string of the molecule is On1cc(C2CCNCC2)c(Cc2cc3ccccc3cc2F)n1. The fraction of sp³-hybridized carbons (Fsp3) is 0.316. The van der Waals surface area contributed by atoms with Gasteiger partial charge in [-0.05, 0) is 60.3 Å². The normalized spacial score (nSPS) is 15.9. The Kier molecular flexibility index (Phi) is 3.94. The summed E-state index contributed by atoms with van der Waals surface area (Å²) in [7, 11) is 0. The molecule has 2 N–H and O–H groups in total. The predicted molar refractivity (Wildman–Crippen MR) is 91.0 cm³/mol. The van der Waals surface area contributed by atoms with E-state index in [1.54, 1.807) is 12.3 Å². The Bertz CT molecular complexity index is 868. The lowest BCUT2D eigenvalue weighted by Crippen LogP contribution is -2.26. The average Bonchev–Trinajstić information content (AvgIpc) is 2.97. The first-order valence-corrected chi connectivity index (χ1v) is 8.36. The minimum atomic E-state index is -0.225. The number of fused-ring (bicyclic) bond motifs is 1. The summed E-state index contributed by atoms with van der Waals surface area (Å²) < 4.78 is 14.5. The van der Waals surface area contributed by atoms with Gasteiger partial charge in [-0.15, -0.1) is 9.94 Å². The van der Waals surface area contributed by atoms with Crippen molar-refractivity contribution >= 4 is 10.8 Å². The van der Waals surface area contributed by atoms with Crippen LogP contribution < -0.4 is 5.32 Å². The van der Waals surface area contributed by atoms with Gasteiger partial charge in [-0.3, -0.25) is 0 Å². The molecule has 124 valence electrons. The van der Waals surface area contributed by atoms with Crippen molar-refractivity contribution in [2.24, 2.45) is 0 Å². The van der Waals surface area contributed by atoms with Gasteiger partial charge >= 0.3 is 0 Å². The molecule has 0 radical (unpaired) electrons. The van der Waals surface area contributed by atoms with Gasteiger partial charge in [0.2, 0.25) is 0 Å². The summed E-state index contributed by atoms with van der Waals surface area (Å²) in [5.41, 5.74) is 2.41. The molecule has 24 heavy (non-hydrogen) atoms. The number of aromatic nitrogens is 2. The molecule has 1 aliphatic rings. The van der Waals surface area contributed by atoms with Crippen LogP contribution in [0.2, 0.25) is 0 Å². The van der Waals surface area contributed by atoms with Gasteiger partial charge in [0, 0.05) is 12.0 Å². The third-order valence-electron chi connectivity index (χ3n) is 4.86. The summed E-state index contributed by atoms with van der Waals surface area (Å²) in [6, 6.07) is 11.2. The van der Waals surface area contributed by atoms with Crippen molar-refractivity contribution in [3.05, 3.63) is 65.2 Å². The molecule has 4 nitrogen and oxygen atoms in total. The van der Waals surface area contributed by atoms with E-state index in [2.05, 4.69) is 10.4 Å². The molecule has 3 aromatic rings. The monoisotopic (exact) mass is 325 g/mol. The quantitative estimate of drug-likeness (QED) is 0.725. The van der Waals surface area contributed by atoms with E-state index in [1.807, 2.05) is 30.3 Å². The molecule has 0 amide bonds. The minimum absolute atomic E-state index is 0.225. The third-order valence-corrected chi connectivity index (χ3v) is 4.86. The second kappa shape index (κ2) is 6.24. The van der Waals surface area contributed by atoms with Gasteiger partial charge in [-0.2, -0.15) is 0 Å². The molecule has 1 saturated heterocycles. The number of halogens is 1. The van der Waals surface area contributed by atoms with Crippen molar-refractivity contribution in [2.45, 2.75) is 25.2 Å². The van der Waals surface area contributed by atoms with Crippen LogP contribution in [0, 0.1) is 5.82 Å². The Balaban J connectivity index is 1.69. The van der Waals surface area contributed by atoms with Crippen LogP contribution in [0.1, 0.15) is 35.6 Å². The van der Waals surface area contributed by atoms with Crippen LogP contribution in [-0.2, 0) is 6.42 Å². The Hall–Kier alpha value is -2.40. The van der Waals surface area contributed by atoms with Crippen molar-refractivity contribution in [2.75, 3.05) is 13.1 Å². The molecule has 2 aromatic carbocycles. The van der Waals surface area contributed by atoms with Crippen molar-refractivity contribution in [1.29, 1.82) is 0 Å². The number of hydrogen-bond donors (Lipinski definition) is 2. The zero-order valence-electron chi connectivity index (χ0n) is 13.4. The van der Waals surface area contributed by atoms with E-state index in [4.69, 9.17) is 0 Å². The van der Waals surface area contributed by atoms with Gasteiger partial charge < -0.3 is 10.5 Å². The Morgan fingerprint density at radius 1 is 1.17 bits per heavy atom. The summed E-state index contributed by atoms with van der Waals surface area (Å²) in [5, 5.41) is 19.2. The van der Waals surface area contributed by atoms with Crippen LogP contribution in [0.25, 0.3) is 10.8 Å². The van der Waals surface area contributed by atoms with E-state index in [0.717, 1.165) is 52.8 Å². The second-order valence-corrected chi connectivity index (χ2v) is 6.44. The lowest BCUT2D eigenvalue weighted by molar-refractivity contribution is 0.147. The molecule has 5 heteroatoms. The molecular weight excluding hydrogens is 305 g/mol. The molecule has 2 heterocycles. The van der Waals surface area contributed by atoms with E-state index >= 15 is 0 Å². The number of nitrogens with zero attached hydrogens (tertiary/aromatic N) is 2. The largest absolute Gasteiger partial charge is 0.412 e. The van der Waals surface area contributed by atoms with Crippen molar-refractivity contribution in [3.8, 4) is 0 Å². The van der Waals surface area contributed by atoms with Crippen molar-refractivity contribution in [1.82, 2.24) is 15.3 Å². The highest BCUT2D eigenvalue weighted by Crippen LogP contribution is 2.30. The predicted octanol–water partition coefficient (Wildman–Crippen LogP) is 3.47. The van der Waals surface area contributed by atoms with Gasteiger partial charge in [0.05, 0.1) is 11.9 Å². The standard InChI is InChI=1S/C19H20FN3O/c20-18-10-15-4-2-1-3-14(15)9-16(18)11-19-17(12-23(24)22-19)13-5-7-21-8-6-13/h1-4,9-10,12-13,21,24H,5-8,11H2.